The molecule has 0 aliphatic heterocycles. The summed E-state index contributed by atoms with van der Waals surface area (Å²) in [5, 5.41) is 9.46. The van der Waals surface area contributed by atoms with Gasteiger partial charge < -0.3 is 9.84 Å². The summed E-state index contributed by atoms with van der Waals surface area (Å²) in [6, 6.07) is 15.8. The fourth-order valence-electron chi connectivity index (χ4n) is 2.06. The van der Waals surface area contributed by atoms with Crippen LogP contribution in [0.5, 0.6) is 11.5 Å². The molecule has 1 atom stereocenters. The number of ether oxygens (including phenoxy) is 1. The van der Waals surface area contributed by atoms with Crippen molar-refractivity contribution in [3.05, 3.63) is 59.7 Å². The van der Waals surface area contributed by atoms with Gasteiger partial charge in [0, 0.05) is 0 Å². The highest BCUT2D eigenvalue weighted by atomic mass is 16.5. The second-order valence-corrected chi connectivity index (χ2v) is 5.09. The zero-order chi connectivity index (χ0) is 14.4. The molecule has 0 spiro atoms. The topological polar surface area (TPSA) is 29.5 Å². The molecule has 106 valence electrons. The van der Waals surface area contributed by atoms with E-state index in [0.29, 0.717) is 0 Å². The van der Waals surface area contributed by atoms with Gasteiger partial charge in [-0.05, 0) is 55.2 Å². The van der Waals surface area contributed by atoms with E-state index in [9.17, 15) is 5.11 Å². The van der Waals surface area contributed by atoms with E-state index >= 15 is 0 Å². The number of hydrogen-bond donors (Lipinski definition) is 1. The molecular formula is C18H22O2. The van der Waals surface area contributed by atoms with E-state index in [1.54, 1.807) is 6.92 Å². The highest BCUT2D eigenvalue weighted by molar-refractivity contribution is 5.35. The van der Waals surface area contributed by atoms with Crippen LogP contribution in [0.4, 0.5) is 0 Å². The van der Waals surface area contributed by atoms with E-state index in [-0.39, 0.29) is 0 Å². The maximum Gasteiger partial charge on any atom is 0.127 e. The molecule has 2 nitrogen and oxygen atoms in total. The molecule has 0 aliphatic rings. The number of benzene rings is 2. The first-order valence-corrected chi connectivity index (χ1v) is 7.24. The molecule has 0 unspecified atom stereocenters. The van der Waals surface area contributed by atoms with Crippen LogP contribution in [-0.2, 0) is 6.42 Å². The fourth-order valence-corrected chi connectivity index (χ4v) is 2.06. The number of aliphatic hydroxyl groups excluding tert-OH is 1. The van der Waals surface area contributed by atoms with Crippen LogP contribution < -0.4 is 4.74 Å². The van der Waals surface area contributed by atoms with Crippen molar-refractivity contribution in [2.45, 2.75) is 39.2 Å². The van der Waals surface area contributed by atoms with Crippen molar-refractivity contribution in [3.63, 3.8) is 0 Å². The molecule has 0 heterocycles. The number of rotatable bonds is 6. The summed E-state index contributed by atoms with van der Waals surface area (Å²) in [4.78, 5) is 0. The lowest BCUT2D eigenvalue weighted by Crippen LogP contribution is -1.91. The van der Waals surface area contributed by atoms with Crippen molar-refractivity contribution < 1.29 is 9.84 Å². The minimum atomic E-state index is -0.443. The minimum Gasteiger partial charge on any atom is -0.457 e. The summed E-state index contributed by atoms with van der Waals surface area (Å²) in [6.45, 7) is 3.96. The Balaban J connectivity index is 1.98. The predicted molar refractivity (Wildman–Crippen MR) is 82.2 cm³/mol. The maximum absolute atomic E-state index is 9.46. The molecule has 0 saturated carbocycles. The van der Waals surface area contributed by atoms with Crippen LogP contribution in [0.2, 0.25) is 0 Å². The Morgan fingerprint density at radius 3 is 2.00 bits per heavy atom. The molecule has 2 aromatic rings. The first kappa shape index (κ1) is 14.6. The van der Waals surface area contributed by atoms with Crippen LogP contribution in [-0.4, -0.2) is 5.11 Å². The summed E-state index contributed by atoms with van der Waals surface area (Å²) in [5.41, 5.74) is 2.25. The van der Waals surface area contributed by atoms with Gasteiger partial charge in [0.15, 0.2) is 0 Å². The van der Waals surface area contributed by atoms with E-state index in [2.05, 4.69) is 19.1 Å². The van der Waals surface area contributed by atoms with Crippen LogP contribution in [0.15, 0.2) is 48.5 Å². The summed E-state index contributed by atoms with van der Waals surface area (Å²) in [7, 11) is 0. The van der Waals surface area contributed by atoms with E-state index < -0.39 is 6.10 Å². The van der Waals surface area contributed by atoms with Gasteiger partial charge in [0.25, 0.3) is 0 Å². The lowest BCUT2D eigenvalue weighted by Gasteiger charge is -2.09. The molecule has 0 fully saturated rings. The highest BCUT2D eigenvalue weighted by Gasteiger charge is 2.02. The molecular weight excluding hydrogens is 248 g/mol. The average Bonchev–Trinajstić information content (AvgIpc) is 2.47. The van der Waals surface area contributed by atoms with Crippen molar-refractivity contribution in [2.24, 2.45) is 0 Å². The van der Waals surface area contributed by atoms with Crippen LogP contribution in [0.1, 0.15) is 43.9 Å². The normalized spacial score (nSPS) is 12.2. The zero-order valence-corrected chi connectivity index (χ0v) is 12.2. The van der Waals surface area contributed by atoms with Crippen molar-refractivity contribution in [1.82, 2.24) is 0 Å². The van der Waals surface area contributed by atoms with Crippen molar-refractivity contribution >= 4 is 0 Å². The Kier molecular flexibility index (Phi) is 5.19. The Morgan fingerprint density at radius 1 is 0.950 bits per heavy atom. The second kappa shape index (κ2) is 7.11. The predicted octanol–water partition coefficient (Wildman–Crippen LogP) is 4.87. The third-order valence-corrected chi connectivity index (χ3v) is 3.34. The van der Waals surface area contributed by atoms with Crippen LogP contribution in [0.25, 0.3) is 0 Å². The van der Waals surface area contributed by atoms with Gasteiger partial charge in [0.2, 0.25) is 0 Å². The van der Waals surface area contributed by atoms with E-state index in [1.165, 1.54) is 18.4 Å². The number of hydrogen-bond acceptors (Lipinski definition) is 2. The summed E-state index contributed by atoms with van der Waals surface area (Å²) in [5.74, 6) is 1.63. The first-order chi connectivity index (χ1) is 9.69. The third-order valence-electron chi connectivity index (χ3n) is 3.34. The highest BCUT2D eigenvalue weighted by Crippen LogP contribution is 2.24. The maximum atomic E-state index is 9.46. The number of unbranched alkanes of at least 4 members (excludes halogenated alkanes) is 1. The molecule has 20 heavy (non-hydrogen) atoms. The lowest BCUT2D eigenvalue weighted by atomic mass is 10.1. The molecule has 2 aromatic carbocycles. The first-order valence-electron chi connectivity index (χ1n) is 7.24. The summed E-state index contributed by atoms with van der Waals surface area (Å²) >= 11 is 0. The molecule has 0 saturated heterocycles. The molecule has 0 aliphatic carbocycles. The van der Waals surface area contributed by atoms with Crippen molar-refractivity contribution in [3.8, 4) is 11.5 Å². The van der Waals surface area contributed by atoms with Crippen LogP contribution >= 0.6 is 0 Å². The minimum absolute atomic E-state index is 0.443. The molecule has 2 rings (SSSR count). The Hall–Kier alpha value is -1.80. The quantitative estimate of drug-likeness (QED) is 0.811. The monoisotopic (exact) mass is 270 g/mol. The fraction of sp³-hybridized carbons (Fsp3) is 0.333. The van der Waals surface area contributed by atoms with Gasteiger partial charge in [-0.2, -0.15) is 0 Å². The molecule has 2 heteroatoms. The second-order valence-electron chi connectivity index (χ2n) is 5.09. The Bertz CT molecular complexity index is 512. The molecule has 0 radical (unpaired) electrons. The standard InChI is InChI=1S/C18H22O2/c1-3-4-5-15-6-10-17(11-7-15)20-18-12-8-16(9-13-18)14(2)19/h6-14,19H,3-5H2,1-2H3/t14-/m1/s1. The van der Waals surface area contributed by atoms with Crippen molar-refractivity contribution in [2.75, 3.05) is 0 Å². The lowest BCUT2D eigenvalue weighted by molar-refractivity contribution is 0.199. The Labute approximate surface area is 121 Å². The van der Waals surface area contributed by atoms with Gasteiger partial charge in [-0.1, -0.05) is 37.6 Å². The van der Waals surface area contributed by atoms with Gasteiger partial charge in [-0.15, -0.1) is 0 Å². The van der Waals surface area contributed by atoms with E-state index in [1.807, 2.05) is 36.4 Å². The summed E-state index contributed by atoms with van der Waals surface area (Å²) < 4.78 is 5.79. The zero-order valence-electron chi connectivity index (χ0n) is 12.2. The number of aliphatic hydroxyl groups is 1. The van der Waals surface area contributed by atoms with Gasteiger partial charge in [0.05, 0.1) is 6.10 Å². The Morgan fingerprint density at radius 2 is 1.50 bits per heavy atom. The average molecular weight is 270 g/mol. The largest absolute Gasteiger partial charge is 0.457 e. The smallest absolute Gasteiger partial charge is 0.127 e. The summed E-state index contributed by atoms with van der Waals surface area (Å²) in [6.07, 6.45) is 3.12. The van der Waals surface area contributed by atoms with Gasteiger partial charge in [-0.25, -0.2) is 0 Å². The van der Waals surface area contributed by atoms with E-state index in [0.717, 1.165) is 23.5 Å². The van der Waals surface area contributed by atoms with Crippen LogP contribution in [0.3, 0.4) is 0 Å². The molecule has 0 bridgehead atoms. The van der Waals surface area contributed by atoms with Crippen molar-refractivity contribution in [1.29, 1.82) is 0 Å². The van der Waals surface area contributed by atoms with Gasteiger partial charge in [-0.3, -0.25) is 0 Å². The molecule has 0 aromatic heterocycles. The van der Waals surface area contributed by atoms with Gasteiger partial charge in [0.1, 0.15) is 11.5 Å². The molecule has 1 N–H and O–H groups in total. The van der Waals surface area contributed by atoms with Crippen LogP contribution in [0, 0.1) is 0 Å². The van der Waals surface area contributed by atoms with E-state index in [4.69, 9.17) is 4.74 Å². The number of aryl methyl sites for hydroxylation is 1. The molecule has 0 amide bonds. The van der Waals surface area contributed by atoms with Gasteiger partial charge >= 0.3 is 0 Å². The SMILES string of the molecule is CCCCc1ccc(Oc2ccc([C@@H](C)O)cc2)cc1. The third kappa shape index (κ3) is 4.10.